The van der Waals surface area contributed by atoms with Gasteiger partial charge in [0.2, 0.25) is 0 Å². The van der Waals surface area contributed by atoms with Crippen LogP contribution < -0.4 is 11.1 Å². The lowest BCUT2D eigenvalue weighted by Crippen LogP contribution is -2.28. The molecule has 0 bridgehead atoms. The molecular formula is C16H28N4. The van der Waals surface area contributed by atoms with Gasteiger partial charge in [0.25, 0.3) is 0 Å². The summed E-state index contributed by atoms with van der Waals surface area (Å²) in [5.41, 5.74) is 6.99. The molecule has 0 aromatic carbocycles. The van der Waals surface area contributed by atoms with Crippen LogP contribution >= 0.6 is 0 Å². The van der Waals surface area contributed by atoms with Crippen molar-refractivity contribution in [3.05, 3.63) is 11.4 Å². The second kappa shape index (κ2) is 6.91. The van der Waals surface area contributed by atoms with Crippen LogP contribution in [0.3, 0.4) is 0 Å². The highest BCUT2D eigenvalue weighted by atomic mass is 15.1. The summed E-state index contributed by atoms with van der Waals surface area (Å²) in [6.45, 7) is 6.41. The normalized spacial score (nSPS) is 17.9. The molecule has 0 saturated heterocycles. The zero-order valence-electron chi connectivity index (χ0n) is 13.1. The topological polar surface area (TPSA) is 63.8 Å². The fourth-order valence-electron chi connectivity index (χ4n) is 3.03. The summed E-state index contributed by atoms with van der Waals surface area (Å²) >= 11 is 0. The Morgan fingerprint density at radius 3 is 2.60 bits per heavy atom. The smallest absolute Gasteiger partial charge is 0.134 e. The molecule has 3 N–H and O–H groups in total. The lowest BCUT2D eigenvalue weighted by molar-refractivity contribution is 0.328. The fraction of sp³-hybridized carbons (Fsp3) is 0.750. The maximum Gasteiger partial charge on any atom is 0.134 e. The maximum absolute atomic E-state index is 6.01. The predicted octanol–water partition coefficient (Wildman–Crippen LogP) is 3.70. The predicted molar refractivity (Wildman–Crippen MR) is 84.8 cm³/mol. The van der Waals surface area contributed by atoms with Crippen LogP contribution in [0.15, 0.2) is 0 Å². The fourth-order valence-corrected chi connectivity index (χ4v) is 3.03. The number of hydrogen-bond acceptors (Lipinski definition) is 4. The Hall–Kier alpha value is -1.32. The van der Waals surface area contributed by atoms with E-state index in [9.17, 15) is 0 Å². The molecule has 1 aromatic rings. The van der Waals surface area contributed by atoms with Gasteiger partial charge in [-0.05, 0) is 39.0 Å². The van der Waals surface area contributed by atoms with Gasteiger partial charge in [-0.1, -0.05) is 26.2 Å². The number of anilines is 2. The van der Waals surface area contributed by atoms with E-state index in [0.717, 1.165) is 36.0 Å². The number of nitrogens with zero attached hydrogens (tertiary/aromatic N) is 2. The zero-order valence-corrected chi connectivity index (χ0v) is 13.1. The van der Waals surface area contributed by atoms with E-state index in [1.54, 1.807) is 0 Å². The highest BCUT2D eigenvalue weighted by Crippen LogP contribution is 2.29. The zero-order chi connectivity index (χ0) is 14.5. The molecule has 1 aliphatic carbocycles. The molecule has 1 heterocycles. The lowest BCUT2D eigenvalue weighted by atomic mass is 9.84. The van der Waals surface area contributed by atoms with Crippen molar-refractivity contribution in [3.8, 4) is 0 Å². The summed E-state index contributed by atoms with van der Waals surface area (Å²) in [5, 5.41) is 3.59. The van der Waals surface area contributed by atoms with E-state index in [1.807, 2.05) is 6.92 Å². The van der Waals surface area contributed by atoms with Gasteiger partial charge in [-0.2, -0.15) is 0 Å². The number of nitrogen functional groups attached to an aromatic ring is 1. The number of hydrogen-bond donors (Lipinski definition) is 2. The van der Waals surface area contributed by atoms with Gasteiger partial charge in [0.05, 0.1) is 0 Å². The molecule has 1 aromatic heterocycles. The molecule has 1 atom stereocenters. The molecule has 0 amide bonds. The van der Waals surface area contributed by atoms with Crippen molar-refractivity contribution in [2.24, 2.45) is 5.92 Å². The molecular weight excluding hydrogens is 248 g/mol. The summed E-state index contributed by atoms with van der Waals surface area (Å²) in [4.78, 5) is 9.03. The number of rotatable bonds is 5. The molecule has 1 aliphatic rings. The summed E-state index contributed by atoms with van der Waals surface area (Å²) < 4.78 is 0. The van der Waals surface area contributed by atoms with Crippen molar-refractivity contribution in [3.63, 3.8) is 0 Å². The molecule has 1 saturated carbocycles. The summed E-state index contributed by atoms with van der Waals surface area (Å²) in [6, 6.07) is 0.456. The third-order valence-corrected chi connectivity index (χ3v) is 4.42. The number of nitrogens with one attached hydrogen (secondary N) is 1. The van der Waals surface area contributed by atoms with Gasteiger partial charge in [0.15, 0.2) is 0 Å². The average molecular weight is 276 g/mol. The third-order valence-electron chi connectivity index (χ3n) is 4.42. The molecule has 1 unspecified atom stereocenters. The molecule has 20 heavy (non-hydrogen) atoms. The van der Waals surface area contributed by atoms with Gasteiger partial charge in [-0.15, -0.1) is 0 Å². The highest BCUT2D eigenvalue weighted by molar-refractivity contribution is 5.55. The van der Waals surface area contributed by atoms with Crippen molar-refractivity contribution < 1.29 is 0 Å². The Morgan fingerprint density at radius 1 is 1.25 bits per heavy atom. The Kier molecular flexibility index (Phi) is 5.21. The van der Waals surface area contributed by atoms with E-state index >= 15 is 0 Å². The molecule has 2 rings (SSSR count). The SMILES string of the molecule is CCCc1nc(N)c(C)c(NC(C)C2CCCCC2)n1. The van der Waals surface area contributed by atoms with E-state index < -0.39 is 0 Å². The Morgan fingerprint density at radius 2 is 1.95 bits per heavy atom. The second-order valence-electron chi connectivity index (χ2n) is 6.08. The van der Waals surface area contributed by atoms with Crippen LogP contribution in [0.1, 0.15) is 63.8 Å². The number of nitrogens with two attached hydrogens (primary N) is 1. The summed E-state index contributed by atoms with van der Waals surface area (Å²) in [5.74, 6) is 3.16. The number of aryl methyl sites for hydroxylation is 1. The Bertz CT molecular complexity index is 438. The molecule has 4 heteroatoms. The van der Waals surface area contributed by atoms with Crippen LogP contribution in [0.5, 0.6) is 0 Å². The Balaban J connectivity index is 2.10. The van der Waals surface area contributed by atoms with Crippen LogP contribution in [0.4, 0.5) is 11.6 Å². The van der Waals surface area contributed by atoms with Gasteiger partial charge in [-0.3, -0.25) is 0 Å². The third kappa shape index (κ3) is 3.62. The minimum absolute atomic E-state index is 0.456. The molecule has 0 aliphatic heterocycles. The van der Waals surface area contributed by atoms with Crippen LogP contribution in [0.2, 0.25) is 0 Å². The number of aromatic nitrogens is 2. The Labute approximate surface area is 122 Å². The van der Waals surface area contributed by atoms with Gasteiger partial charge in [-0.25, -0.2) is 9.97 Å². The summed E-state index contributed by atoms with van der Waals surface area (Å²) in [6.07, 6.45) is 8.71. The van der Waals surface area contributed by atoms with Crippen LogP contribution in [-0.2, 0) is 6.42 Å². The minimum atomic E-state index is 0.456. The first-order valence-electron chi connectivity index (χ1n) is 8.01. The standard InChI is InChI=1S/C16H28N4/c1-4-8-14-19-15(17)11(2)16(20-14)18-12(3)13-9-6-5-7-10-13/h12-13H,4-10H2,1-3H3,(H3,17,18,19,20). The maximum atomic E-state index is 6.01. The first-order chi connectivity index (χ1) is 9.61. The van der Waals surface area contributed by atoms with Gasteiger partial charge in [0, 0.05) is 18.0 Å². The van der Waals surface area contributed by atoms with E-state index in [2.05, 4.69) is 29.1 Å². The van der Waals surface area contributed by atoms with Crippen molar-refractivity contribution in [1.29, 1.82) is 0 Å². The van der Waals surface area contributed by atoms with E-state index in [0.29, 0.717) is 11.9 Å². The first-order valence-corrected chi connectivity index (χ1v) is 8.01. The second-order valence-corrected chi connectivity index (χ2v) is 6.08. The monoisotopic (exact) mass is 276 g/mol. The molecule has 0 radical (unpaired) electrons. The van der Waals surface area contributed by atoms with Crippen molar-refractivity contribution >= 4 is 11.6 Å². The largest absolute Gasteiger partial charge is 0.383 e. The average Bonchev–Trinajstić information content (AvgIpc) is 2.45. The highest BCUT2D eigenvalue weighted by Gasteiger charge is 2.21. The van der Waals surface area contributed by atoms with Crippen LogP contribution in [0.25, 0.3) is 0 Å². The van der Waals surface area contributed by atoms with Gasteiger partial charge >= 0.3 is 0 Å². The van der Waals surface area contributed by atoms with Crippen LogP contribution in [-0.4, -0.2) is 16.0 Å². The van der Waals surface area contributed by atoms with Gasteiger partial charge in [0.1, 0.15) is 17.5 Å². The van der Waals surface area contributed by atoms with E-state index in [-0.39, 0.29) is 0 Å². The quantitative estimate of drug-likeness (QED) is 0.860. The minimum Gasteiger partial charge on any atom is -0.383 e. The van der Waals surface area contributed by atoms with Gasteiger partial charge < -0.3 is 11.1 Å². The molecule has 112 valence electrons. The van der Waals surface area contributed by atoms with Crippen LogP contribution in [0, 0.1) is 12.8 Å². The van der Waals surface area contributed by atoms with E-state index in [1.165, 1.54) is 32.1 Å². The molecule has 0 spiro atoms. The van der Waals surface area contributed by atoms with E-state index in [4.69, 9.17) is 5.73 Å². The lowest BCUT2D eigenvalue weighted by Gasteiger charge is -2.29. The first kappa shape index (κ1) is 15.1. The van der Waals surface area contributed by atoms with Crippen molar-refractivity contribution in [2.75, 3.05) is 11.1 Å². The summed E-state index contributed by atoms with van der Waals surface area (Å²) in [7, 11) is 0. The van der Waals surface area contributed by atoms with Crippen molar-refractivity contribution in [1.82, 2.24) is 9.97 Å². The van der Waals surface area contributed by atoms with Crippen molar-refractivity contribution in [2.45, 2.75) is 71.8 Å². The molecule has 4 nitrogen and oxygen atoms in total. The molecule has 1 fully saturated rings.